The monoisotopic (exact) mass is 713 g/mol. The minimum absolute atomic E-state index is 0.689. The van der Waals surface area contributed by atoms with Gasteiger partial charge in [0.25, 0.3) is 0 Å². The first-order valence-electron chi connectivity index (χ1n) is 18.9. The van der Waals surface area contributed by atoms with Gasteiger partial charge in [-0.25, -0.2) is 9.97 Å². The molecule has 0 atom stereocenters. The van der Waals surface area contributed by atoms with Crippen LogP contribution in [0.4, 0.5) is 0 Å². The van der Waals surface area contributed by atoms with Crippen molar-refractivity contribution in [2.45, 2.75) is 0 Å². The van der Waals surface area contributed by atoms with E-state index in [0.717, 1.165) is 55.9 Å². The molecule has 0 saturated carbocycles. The van der Waals surface area contributed by atoms with Crippen LogP contribution in [0, 0.1) is 0 Å². The molecule has 0 N–H and O–H groups in total. The van der Waals surface area contributed by atoms with E-state index in [4.69, 9.17) is 9.97 Å². The molecule has 8 aromatic carbocycles. The average Bonchev–Trinajstić information content (AvgIpc) is 3.29. The molecule has 0 aliphatic heterocycles. The number of nitrogens with zero attached hydrogens (tertiary/aromatic N) is 3. The van der Waals surface area contributed by atoms with Gasteiger partial charge in [0.05, 0.1) is 11.4 Å². The molecule has 56 heavy (non-hydrogen) atoms. The van der Waals surface area contributed by atoms with Crippen molar-refractivity contribution in [2.75, 3.05) is 0 Å². The molecule has 2 heterocycles. The molecule has 0 aliphatic carbocycles. The molecule has 2 aromatic heterocycles. The highest BCUT2D eigenvalue weighted by Gasteiger charge is 2.16. The van der Waals surface area contributed by atoms with E-state index in [1.807, 2.05) is 42.7 Å². The van der Waals surface area contributed by atoms with Gasteiger partial charge in [-0.2, -0.15) is 0 Å². The van der Waals surface area contributed by atoms with Gasteiger partial charge in [-0.1, -0.05) is 164 Å². The summed E-state index contributed by atoms with van der Waals surface area (Å²) in [5.74, 6) is 0.689. The van der Waals surface area contributed by atoms with Gasteiger partial charge in [0.1, 0.15) is 0 Å². The van der Waals surface area contributed by atoms with Gasteiger partial charge in [0, 0.05) is 29.1 Å². The molecule has 10 aromatic rings. The fourth-order valence-electron chi connectivity index (χ4n) is 7.70. The van der Waals surface area contributed by atoms with Gasteiger partial charge in [0.2, 0.25) is 0 Å². The minimum atomic E-state index is 0.689. The Labute approximate surface area is 326 Å². The SMILES string of the molecule is c1ccc(-c2ccc(-c3cc(-c4cc(-c5ccc(-c6cccnc6)cc5)cc(-c5cc6ccccc6c6ccccc56)c4)nc(-c4ccccc4)n3)cc2)cc1. The Balaban J connectivity index is 1.18. The van der Waals surface area contributed by atoms with Crippen LogP contribution in [0.1, 0.15) is 0 Å². The molecule has 0 unspecified atom stereocenters. The van der Waals surface area contributed by atoms with E-state index < -0.39 is 0 Å². The molecule has 0 saturated heterocycles. The van der Waals surface area contributed by atoms with Gasteiger partial charge in [-0.05, 0) is 102 Å². The second-order valence-electron chi connectivity index (χ2n) is 14.1. The van der Waals surface area contributed by atoms with Crippen molar-refractivity contribution in [1.29, 1.82) is 0 Å². The standard InChI is InChI=1S/C53H35N3/c1-3-12-36(13-4-1)37-25-27-40(28-26-37)51-34-52(56-53(55-51)41-14-5-2-6-15-41)46-31-44(39-23-21-38(22-24-39)43-17-11-29-54-35-43)30-45(32-46)50-33-42-16-7-8-18-47(42)48-19-9-10-20-49(48)50/h1-35H. The predicted molar refractivity (Wildman–Crippen MR) is 233 cm³/mol. The second kappa shape index (κ2) is 14.4. The maximum absolute atomic E-state index is 5.28. The van der Waals surface area contributed by atoms with Crippen molar-refractivity contribution < 1.29 is 0 Å². The van der Waals surface area contributed by atoms with Crippen molar-refractivity contribution in [2.24, 2.45) is 0 Å². The molecule has 3 heteroatoms. The molecular weight excluding hydrogens is 679 g/mol. The lowest BCUT2D eigenvalue weighted by Gasteiger charge is -2.16. The summed E-state index contributed by atoms with van der Waals surface area (Å²) in [6.07, 6.45) is 3.72. The predicted octanol–water partition coefficient (Wildman–Crippen LogP) is 13.8. The Kier molecular flexibility index (Phi) is 8.51. The van der Waals surface area contributed by atoms with Crippen molar-refractivity contribution in [3.63, 3.8) is 0 Å². The van der Waals surface area contributed by atoms with E-state index >= 15 is 0 Å². The molecule has 10 rings (SSSR count). The van der Waals surface area contributed by atoms with Gasteiger partial charge >= 0.3 is 0 Å². The number of pyridine rings is 1. The van der Waals surface area contributed by atoms with Crippen LogP contribution in [0.3, 0.4) is 0 Å². The van der Waals surface area contributed by atoms with Crippen molar-refractivity contribution in [3.8, 4) is 78.4 Å². The highest BCUT2D eigenvalue weighted by molar-refractivity contribution is 6.14. The quantitative estimate of drug-likeness (QED) is 0.154. The zero-order valence-corrected chi connectivity index (χ0v) is 30.5. The summed E-state index contributed by atoms with van der Waals surface area (Å²) < 4.78 is 0. The van der Waals surface area contributed by atoms with Crippen LogP contribution in [0.15, 0.2) is 213 Å². The summed E-state index contributed by atoms with van der Waals surface area (Å²) in [7, 11) is 0. The first-order valence-corrected chi connectivity index (χ1v) is 18.9. The maximum atomic E-state index is 5.28. The van der Waals surface area contributed by atoms with Crippen molar-refractivity contribution >= 4 is 21.5 Å². The number of hydrogen-bond acceptors (Lipinski definition) is 3. The van der Waals surface area contributed by atoms with Crippen LogP contribution in [-0.4, -0.2) is 15.0 Å². The molecule has 0 fully saturated rings. The molecule has 0 amide bonds. The van der Waals surface area contributed by atoms with E-state index in [0.29, 0.717) is 5.82 Å². The fourth-order valence-corrected chi connectivity index (χ4v) is 7.70. The molecule has 0 radical (unpaired) electrons. The summed E-state index contributed by atoms with van der Waals surface area (Å²) in [4.78, 5) is 14.8. The molecular formula is C53H35N3. The lowest BCUT2D eigenvalue weighted by molar-refractivity contribution is 1.18. The summed E-state index contributed by atoms with van der Waals surface area (Å²) in [6, 6.07) is 71.0. The number of fused-ring (bicyclic) bond motifs is 3. The molecule has 262 valence electrons. The Morgan fingerprint density at radius 2 is 0.786 bits per heavy atom. The Morgan fingerprint density at radius 3 is 1.48 bits per heavy atom. The lowest BCUT2D eigenvalue weighted by Crippen LogP contribution is -1.97. The highest BCUT2D eigenvalue weighted by Crippen LogP contribution is 2.40. The van der Waals surface area contributed by atoms with E-state index in [9.17, 15) is 0 Å². The largest absolute Gasteiger partial charge is 0.264 e. The molecule has 0 spiro atoms. The second-order valence-corrected chi connectivity index (χ2v) is 14.1. The van der Waals surface area contributed by atoms with E-state index in [1.54, 1.807) is 0 Å². The van der Waals surface area contributed by atoms with Crippen LogP contribution >= 0.6 is 0 Å². The Hall–Kier alpha value is -7.49. The smallest absolute Gasteiger partial charge is 0.160 e. The minimum Gasteiger partial charge on any atom is -0.264 e. The van der Waals surface area contributed by atoms with Crippen molar-refractivity contribution in [1.82, 2.24) is 15.0 Å². The number of rotatable bonds is 7. The lowest BCUT2D eigenvalue weighted by atomic mass is 9.89. The van der Waals surface area contributed by atoms with Gasteiger partial charge in [0.15, 0.2) is 5.82 Å². The normalized spacial score (nSPS) is 11.2. The van der Waals surface area contributed by atoms with Crippen molar-refractivity contribution in [3.05, 3.63) is 213 Å². The van der Waals surface area contributed by atoms with E-state index in [-0.39, 0.29) is 0 Å². The fraction of sp³-hybridized carbons (Fsp3) is 0. The zero-order chi connectivity index (χ0) is 37.3. The van der Waals surface area contributed by atoms with E-state index in [2.05, 4.69) is 175 Å². The Morgan fingerprint density at radius 1 is 0.286 bits per heavy atom. The molecule has 0 bridgehead atoms. The molecule has 0 aliphatic rings. The summed E-state index contributed by atoms with van der Waals surface area (Å²) >= 11 is 0. The first-order chi connectivity index (χ1) is 27.7. The third-order valence-electron chi connectivity index (χ3n) is 10.6. The zero-order valence-electron chi connectivity index (χ0n) is 30.5. The number of hydrogen-bond donors (Lipinski definition) is 0. The molecule has 3 nitrogen and oxygen atoms in total. The Bertz CT molecular complexity index is 2980. The number of aromatic nitrogens is 3. The summed E-state index contributed by atoms with van der Waals surface area (Å²) in [5.41, 5.74) is 13.9. The van der Waals surface area contributed by atoms with Gasteiger partial charge in [-0.3, -0.25) is 4.98 Å². The maximum Gasteiger partial charge on any atom is 0.160 e. The van der Waals surface area contributed by atoms with Crippen LogP contribution in [0.5, 0.6) is 0 Å². The van der Waals surface area contributed by atoms with Gasteiger partial charge < -0.3 is 0 Å². The average molecular weight is 714 g/mol. The summed E-state index contributed by atoms with van der Waals surface area (Å²) in [6.45, 7) is 0. The van der Waals surface area contributed by atoms with E-state index in [1.165, 1.54) is 38.2 Å². The van der Waals surface area contributed by atoms with Crippen LogP contribution < -0.4 is 0 Å². The van der Waals surface area contributed by atoms with Gasteiger partial charge in [-0.15, -0.1) is 0 Å². The first kappa shape index (κ1) is 33.1. The third-order valence-corrected chi connectivity index (χ3v) is 10.6. The number of benzene rings is 8. The topological polar surface area (TPSA) is 38.7 Å². The summed E-state index contributed by atoms with van der Waals surface area (Å²) in [5, 5.41) is 4.92. The highest BCUT2D eigenvalue weighted by atomic mass is 14.9. The van der Waals surface area contributed by atoms with Crippen LogP contribution in [-0.2, 0) is 0 Å². The third kappa shape index (κ3) is 6.42. The van der Waals surface area contributed by atoms with Crippen LogP contribution in [0.2, 0.25) is 0 Å². The van der Waals surface area contributed by atoms with Crippen LogP contribution in [0.25, 0.3) is 100.0 Å².